The third-order valence-electron chi connectivity index (χ3n) is 2.84. The number of rotatable bonds is 4. The molecule has 0 amide bonds. The molecule has 18 heavy (non-hydrogen) atoms. The molecule has 0 saturated heterocycles. The number of phenols is 1. The van der Waals surface area contributed by atoms with Crippen LogP contribution in [0.15, 0.2) is 48.5 Å². The highest BCUT2D eigenvalue weighted by Gasteiger charge is 2.06. The van der Waals surface area contributed by atoms with E-state index < -0.39 is 0 Å². The van der Waals surface area contributed by atoms with E-state index in [0.29, 0.717) is 6.54 Å². The molecule has 0 aliphatic rings. The second kappa shape index (κ2) is 5.54. The Morgan fingerprint density at radius 2 is 1.89 bits per heavy atom. The Kier molecular flexibility index (Phi) is 3.82. The van der Waals surface area contributed by atoms with E-state index in [1.165, 1.54) is 12.1 Å². The fourth-order valence-electron chi connectivity index (χ4n) is 1.93. The first-order valence-corrected chi connectivity index (χ1v) is 5.97. The smallest absolute Gasteiger partial charge is 0.125 e. The van der Waals surface area contributed by atoms with E-state index in [1.54, 1.807) is 18.2 Å². The summed E-state index contributed by atoms with van der Waals surface area (Å²) >= 11 is 0. The molecular formula is C15H16FNO. The van der Waals surface area contributed by atoms with Gasteiger partial charge in [-0.2, -0.15) is 0 Å². The van der Waals surface area contributed by atoms with Gasteiger partial charge in [0.2, 0.25) is 0 Å². The average molecular weight is 245 g/mol. The van der Waals surface area contributed by atoms with E-state index >= 15 is 0 Å². The van der Waals surface area contributed by atoms with Crippen LogP contribution in [0.4, 0.5) is 10.1 Å². The average Bonchev–Trinajstić information content (AvgIpc) is 2.36. The van der Waals surface area contributed by atoms with Crippen LogP contribution in [0.5, 0.6) is 5.75 Å². The minimum atomic E-state index is -0.234. The lowest BCUT2D eigenvalue weighted by molar-refractivity contribution is 0.474. The van der Waals surface area contributed by atoms with E-state index in [-0.39, 0.29) is 11.6 Å². The van der Waals surface area contributed by atoms with Crippen LogP contribution in [0.2, 0.25) is 0 Å². The molecule has 1 N–H and O–H groups in total. The first-order chi connectivity index (χ1) is 8.69. The van der Waals surface area contributed by atoms with Crippen LogP contribution < -0.4 is 4.90 Å². The van der Waals surface area contributed by atoms with Gasteiger partial charge in [0.1, 0.15) is 11.6 Å². The van der Waals surface area contributed by atoms with Crippen molar-refractivity contribution in [3.63, 3.8) is 0 Å². The summed E-state index contributed by atoms with van der Waals surface area (Å²) in [7, 11) is 0. The van der Waals surface area contributed by atoms with E-state index in [9.17, 15) is 9.50 Å². The second-order valence-electron chi connectivity index (χ2n) is 4.16. The molecule has 3 heteroatoms. The van der Waals surface area contributed by atoms with Crippen LogP contribution in [-0.4, -0.2) is 11.7 Å². The zero-order valence-electron chi connectivity index (χ0n) is 10.3. The van der Waals surface area contributed by atoms with E-state index in [2.05, 4.69) is 4.90 Å². The van der Waals surface area contributed by atoms with Gasteiger partial charge in [-0.25, -0.2) is 4.39 Å². The van der Waals surface area contributed by atoms with Gasteiger partial charge in [-0.3, -0.25) is 0 Å². The molecule has 2 rings (SSSR count). The Bertz CT molecular complexity index is 527. The molecule has 0 bridgehead atoms. The van der Waals surface area contributed by atoms with Gasteiger partial charge in [0, 0.05) is 18.8 Å². The third kappa shape index (κ3) is 3.00. The van der Waals surface area contributed by atoms with Crippen molar-refractivity contribution in [2.75, 3.05) is 11.4 Å². The summed E-state index contributed by atoms with van der Waals surface area (Å²) in [6, 6.07) is 13.7. The quantitative estimate of drug-likeness (QED) is 0.890. The highest BCUT2D eigenvalue weighted by Crippen LogP contribution is 2.19. The number of nitrogens with zero attached hydrogens (tertiary/aromatic N) is 1. The number of aromatic hydroxyl groups is 1. The SMILES string of the molecule is CCN(Cc1cccc(O)c1)c1cccc(F)c1. The molecular weight excluding hydrogens is 229 g/mol. The molecule has 0 aliphatic heterocycles. The van der Waals surface area contributed by atoms with Crippen molar-refractivity contribution in [3.05, 3.63) is 59.9 Å². The molecule has 0 saturated carbocycles. The van der Waals surface area contributed by atoms with Crippen LogP contribution in [-0.2, 0) is 6.54 Å². The van der Waals surface area contributed by atoms with Crippen molar-refractivity contribution in [3.8, 4) is 5.75 Å². The molecule has 94 valence electrons. The normalized spacial score (nSPS) is 10.3. The van der Waals surface area contributed by atoms with Gasteiger partial charge in [-0.05, 0) is 42.8 Å². The molecule has 2 aromatic rings. The maximum Gasteiger partial charge on any atom is 0.125 e. The van der Waals surface area contributed by atoms with Gasteiger partial charge < -0.3 is 10.0 Å². The Hall–Kier alpha value is -2.03. The predicted octanol–water partition coefficient (Wildman–Crippen LogP) is 3.56. The fraction of sp³-hybridized carbons (Fsp3) is 0.200. The van der Waals surface area contributed by atoms with Crippen molar-refractivity contribution in [1.82, 2.24) is 0 Å². The largest absolute Gasteiger partial charge is 0.508 e. The van der Waals surface area contributed by atoms with Crippen LogP contribution in [0.1, 0.15) is 12.5 Å². The van der Waals surface area contributed by atoms with E-state index in [4.69, 9.17) is 0 Å². The number of hydrogen-bond donors (Lipinski definition) is 1. The zero-order chi connectivity index (χ0) is 13.0. The van der Waals surface area contributed by atoms with E-state index in [1.807, 2.05) is 25.1 Å². The van der Waals surface area contributed by atoms with Gasteiger partial charge in [-0.15, -0.1) is 0 Å². The summed E-state index contributed by atoms with van der Waals surface area (Å²) in [6.45, 7) is 3.45. The molecule has 0 fully saturated rings. The lowest BCUT2D eigenvalue weighted by Gasteiger charge is -2.23. The third-order valence-corrected chi connectivity index (χ3v) is 2.84. The number of halogens is 1. The lowest BCUT2D eigenvalue weighted by atomic mass is 10.2. The number of anilines is 1. The minimum absolute atomic E-state index is 0.234. The number of benzene rings is 2. The number of phenolic OH excluding ortho intramolecular Hbond substituents is 1. The van der Waals surface area contributed by atoms with Gasteiger partial charge in [0.15, 0.2) is 0 Å². The van der Waals surface area contributed by atoms with E-state index in [0.717, 1.165) is 17.8 Å². The molecule has 2 nitrogen and oxygen atoms in total. The molecule has 0 radical (unpaired) electrons. The standard InChI is InChI=1S/C15H16FNO/c1-2-17(14-7-4-6-13(16)10-14)11-12-5-3-8-15(18)9-12/h3-10,18H,2,11H2,1H3. The Morgan fingerprint density at radius 3 is 2.56 bits per heavy atom. The zero-order valence-corrected chi connectivity index (χ0v) is 10.3. The molecule has 0 unspecified atom stereocenters. The molecule has 2 aromatic carbocycles. The van der Waals surface area contributed by atoms with Crippen LogP contribution in [0.25, 0.3) is 0 Å². The fourth-order valence-corrected chi connectivity index (χ4v) is 1.93. The lowest BCUT2D eigenvalue weighted by Crippen LogP contribution is -2.21. The van der Waals surface area contributed by atoms with Crippen LogP contribution in [0.3, 0.4) is 0 Å². The predicted molar refractivity (Wildman–Crippen MR) is 71.2 cm³/mol. The summed E-state index contributed by atoms with van der Waals surface area (Å²) in [4.78, 5) is 2.05. The molecule has 0 atom stereocenters. The molecule has 0 heterocycles. The van der Waals surface area contributed by atoms with Crippen LogP contribution in [0, 0.1) is 5.82 Å². The maximum absolute atomic E-state index is 13.2. The van der Waals surface area contributed by atoms with Gasteiger partial charge >= 0.3 is 0 Å². The molecule has 0 aromatic heterocycles. The van der Waals surface area contributed by atoms with Gasteiger partial charge in [-0.1, -0.05) is 18.2 Å². The summed E-state index contributed by atoms with van der Waals surface area (Å²) in [5, 5.41) is 9.43. The summed E-state index contributed by atoms with van der Waals surface area (Å²) in [6.07, 6.45) is 0. The monoisotopic (exact) mass is 245 g/mol. The van der Waals surface area contributed by atoms with Crippen LogP contribution >= 0.6 is 0 Å². The second-order valence-corrected chi connectivity index (χ2v) is 4.16. The topological polar surface area (TPSA) is 23.5 Å². The summed E-state index contributed by atoms with van der Waals surface area (Å²) in [5.41, 5.74) is 1.85. The van der Waals surface area contributed by atoms with Crippen molar-refractivity contribution < 1.29 is 9.50 Å². The highest BCUT2D eigenvalue weighted by atomic mass is 19.1. The van der Waals surface area contributed by atoms with Crippen molar-refractivity contribution in [2.45, 2.75) is 13.5 Å². The molecule has 0 aliphatic carbocycles. The first-order valence-electron chi connectivity index (χ1n) is 5.97. The number of hydrogen-bond acceptors (Lipinski definition) is 2. The first kappa shape index (κ1) is 12.4. The van der Waals surface area contributed by atoms with Gasteiger partial charge in [0.05, 0.1) is 0 Å². The minimum Gasteiger partial charge on any atom is -0.508 e. The molecule has 0 spiro atoms. The Morgan fingerprint density at radius 1 is 1.11 bits per heavy atom. The van der Waals surface area contributed by atoms with Crippen molar-refractivity contribution in [2.24, 2.45) is 0 Å². The maximum atomic E-state index is 13.2. The summed E-state index contributed by atoms with van der Waals surface area (Å²) < 4.78 is 13.2. The van der Waals surface area contributed by atoms with Crippen molar-refractivity contribution in [1.29, 1.82) is 0 Å². The van der Waals surface area contributed by atoms with Crippen molar-refractivity contribution >= 4 is 5.69 Å². The van der Waals surface area contributed by atoms with Gasteiger partial charge in [0.25, 0.3) is 0 Å². The summed E-state index contributed by atoms with van der Waals surface area (Å²) in [5.74, 6) is 0.0182. The highest BCUT2D eigenvalue weighted by molar-refractivity contribution is 5.47. The Balaban J connectivity index is 2.19. The Labute approximate surface area is 106 Å².